The Balaban J connectivity index is 1.40. The van der Waals surface area contributed by atoms with E-state index in [0.29, 0.717) is 18.2 Å². The summed E-state index contributed by atoms with van der Waals surface area (Å²) in [5.74, 6) is -2.88. The Labute approximate surface area is 230 Å². The van der Waals surface area contributed by atoms with Gasteiger partial charge in [0.1, 0.15) is 11.3 Å². The molecule has 0 radical (unpaired) electrons. The first kappa shape index (κ1) is 30.5. The lowest BCUT2D eigenvalue weighted by molar-refractivity contribution is -0.185. The predicted molar refractivity (Wildman–Crippen MR) is 140 cm³/mol. The van der Waals surface area contributed by atoms with Gasteiger partial charge in [0.25, 0.3) is 0 Å². The van der Waals surface area contributed by atoms with Crippen LogP contribution in [0.1, 0.15) is 75.5 Å². The van der Waals surface area contributed by atoms with E-state index < -0.39 is 35.9 Å². The number of carboxylic acid groups (broad SMARTS) is 1. The number of hydrogen-bond donors (Lipinski definition) is 2. The summed E-state index contributed by atoms with van der Waals surface area (Å²) in [6.45, 7) is 6.42. The van der Waals surface area contributed by atoms with Gasteiger partial charge in [-0.25, -0.2) is 0 Å². The van der Waals surface area contributed by atoms with Gasteiger partial charge in [0, 0.05) is 6.04 Å². The van der Waals surface area contributed by atoms with E-state index in [9.17, 15) is 36.2 Å². The summed E-state index contributed by atoms with van der Waals surface area (Å²) in [7, 11) is 0. The maximum atomic E-state index is 14.2. The highest BCUT2D eigenvalue weighted by molar-refractivity contribution is 5.89. The lowest BCUT2D eigenvalue weighted by atomic mass is 9.58. The number of unbranched alkanes of at least 4 members (excludes halogenated alkanes) is 1. The number of benzene rings is 2. The molecule has 2 aliphatic carbocycles. The summed E-state index contributed by atoms with van der Waals surface area (Å²) < 4.78 is 87.3. The maximum absolute atomic E-state index is 14.2. The number of fused-ring (bicyclic) bond motifs is 1. The van der Waals surface area contributed by atoms with Gasteiger partial charge in [0.2, 0.25) is 0 Å². The standard InChI is InChI=1S/C30H37F6NO3/c1-17-14-22-19(15-18(17)6-4-5-13-37-25-16-23(27(38)39)28(25,2)3)7-12-24(26(22)30(34,35)36)40-21-10-8-20(9-11-21)29(31,32)33/h7,12,14-15,20-21,23,25,37H,4-6,8-11,13,16H2,1-3H3,(H,38,39). The summed E-state index contributed by atoms with van der Waals surface area (Å²) >= 11 is 0. The van der Waals surface area contributed by atoms with E-state index in [2.05, 4.69) is 5.32 Å². The molecule has 10 heteroatoms. The zero-order valence-corrected chi connectivity index (χ0v) is 23.0. The monoisotopic (exact) mass is 573 g/mol. The van der Waals surface area contributed by atoms with Crippen LogP contribution in [-0.4, -0.2) is 35.9 Å². The number of halogens is 6. The van der Waals surface area contributed by atoms with Crippen LogP contribution in [-0.2, 0) is 17.4 Å². The Morgan fingerprint density at radius 3 is 2.30 bits per heavy atom. The van der Waals surface area contributed by atoms with E-state index in [0.717, 1.165) is 30.5 Å². The molecule has 0 saturated heterocycles. The minimum atomic E-state index is -4.69. The molecule has 0 aromatic heterocycles. The molecule has 2 aliphatic rings. The van der Waals surface area contributed by atoms with Crippen LogP contribution in [0.2, 0.25) is 0 Å². The van der Waals surface area contributed by atoms with Crippen LogP contribution < -0.4 is 10.1 Å². The number of rotatable bonds is 9. The molecule has 222 valence electrons. The number of aryl methyl sites for hydroxylation is 2. The molecule has 2 saturated carbocycles. The smallest absolute Gasteiger partial charge is 0.420 e. The van der Waals surface area contributed by atoms with Crippen LogP contribution in [0.3, 0.4) is 0 Å². The number of alkyl halides is 6. The zero-order chi connectivity index (χ0) is 29.5. The van der Waals surface area contributed by atoms with Crippen LogP contribution in [0, 0.1) is 24.2 Å². The number of nitrogens with one attached hydrogen (secondary N) is 1. The minimum Gasteiger partial charge on any atom is -0.490 e. The van der Waals surface area contributed by atoms with E-state index in [1.54, 1.807) is 19.1 Å². The average molecular weight is 574 g/mol. The molecular weight excluding hydrogens is 536 g/mol. The lowest BCUT2D eigenvalue weighted by Gasteiger charge is -2.50. The molecule has 2 atom stereocenters. The van der Waals surface area contributed by atoms with E-state index in [-0.39, 0.29) is 54.2 Å². The number of aliphatic carboxylic acids is 1. The van der Waals surface area contributed by atoms with Gasteiger partial charge in [0.05, 0.1) is 17.9 Å². The van der Waals surface area contributed by atoms with E-state index in [4.69, 9.17) is 4.74 Å². The Morgan fingerprint density at radius 1 is 1.05 bits per heavy atom. The first-order chi connectivity index (χ1) is 18.6. The molecular formula is C30H37F6NO3. The highest BCUT2D eigenvalue weighted by Crippen LogP contribution is 2.47. The van der Waals surface area contributed by atoms with Gasteiger partial charge in [-0.3, -0.25) is 4.79 Å². The fourth-order valence-corrected chi connectivity index (χ4v) is 6.26. The van der Waals surface area contributed by atoms with Crippen molar-refractivity contribution in [3.05, 3.63) is 41.0 Å². The second-order valence-corrected chi connectivity index (χ2v) is 12.0. The molecule has 0 amide bonds. The van der Waals surface area contributed by atoms with Crippen molar-refractivity contribution >= 4 is 16.7 Å². The molecule has 2 aromatic carbocycles. The zero-order valence-electron chi connectivity index (χ0n) is 23.0. The molecule has 0 bridgehead atoms. The topological polar surface area (TPSA) is 58.6 Å². The van der Waals surface area contributed by atoms with Gasteiger partial charge >= 0.3 is 18.3 Å². The number of hydrogen-bond acceptors (Lipinski definition) is 3. The molecule has 40 heavy (non-hydrogen) atoms. The van der Waals surface area contributed by atoms with Crippen LogP contribution in [0.5, 0.6) is 5.75 Å². The maximum Gasteiger partial charge on any atom is 0.420 e. The fraction of sp³-hybridized carbons (Fsp3) is 0.633. The molecule has 0 spiro atoms. The summed E-state index contributed by atoms with van der Waals surface area (Å²) in [5, 5.41) is 13.2. The lowest BCUT2D eigenvalue weighted by Crippen LogP contribution is -2.59. The first-order valence-electron chi connectivity index (χ1n) is 13.9. The van der Waals surface area contributed by atoms with Crippen molar-refractivity contribution in [1.29, 1.82) is 0 Å². The van der Waals surface area contributed by atoms with Gasteiger partial charge in [-0.15, -0.1) is 0 Å². The molecule has 0 heterocycles. The highest BCUT2D eigenvalue weighted by atomic mass is 19.4. The van der Waals surface area contributed by atoms with E-state index in [1.165, 1.54) is 12.1 Å². The van der Waals surface area contributed by atoms with Crippen LogP contribution in [0.15, 0.2) is 24.3 Å². The fourth-order valence-electron chi connectivity index (χ4n) is 6.26. The first-order valence-corrected chi connectivity index (χ1v) is 13.9. The molecule has 2 aromatic rings. The summed E-state index contributed by atoms with van der Waals surface area (Å²) in [4.78, 5) is 11.3. The Morgan fingerprint density at radius 2 is 1.73 bits per heavy atom. The van der Waals surface area contributed by atoms with Crippen LogP contribution >= 0.6 is 0 Å². The third kappa shape index (κ3) is 6.52. The normalized spacial score (nSPS) is 25.0. The van der Waals surface area contributed by atoms with Crippen LogP contribution in [0.25, 0.3) is 10.8 Å². The van der Waals surface area contributed by atoms with Crippen molar-refractivity contribution in [3.63, 3.8) is 0 Å². The Hall–Kier alpha value is -2.49. The average Bonchev–Trinajstić information content (AvgIpc) is 2.84. The van der Waals surface area contributed by atoms with Crippen LogP contribution in [0.4, 0.5) is 26.3 Å². The van der Waals surface area contributed by atoms with Gasteiger partial charge in [-0.1, -0.05) is 32.0 Å². The molecule has 2 unspecified atom stereocenters. The number of ether oxygens (including phenoxy) is 1. The molecule has 2 fully saturated rings. The summed E-state index contributed by atoms with van der Waals surface area (Å²) in [6, 6.07) is 6.33. The summed E-state index contributed by atoms with van der Waals surface area (Å²) in [6.07, 6.45) is -6.89. The Kier molecular flexibility index (Phi) is 8.69. The number of carboxylic acids is 1. The van der Waals surface area contributed by atoms with Crippen molar-refractivity contribution in [1.82, 2.24) is 5.32 Å². The molecule has 4 nitrogen and oxygen atoms in total. The summed E-state index contributed by atoms with van der Waals surface area (Å²) in [5.41, 5.74) is 0.500. The molecule has 2 N–H and O–H groups in total. The van der Waals surface area contributed by atoms with Gasteiger partial charge in [-0.05, 0) is 98.2 Å². The number of carbonyl (C=O) groups is 1. The van der Waals surface area contributed by atoms with E-state index in [1.807, 2.05) is 13.8 Å². The highest BCUT2D eigenvalue weighted by Gasteiger charge is 2.51. The Bertz CT molecular complexity index is 1210. The third-order valence-corrected chi connectivity index (χ3v) is 8.98. The van der Waals surface area contributed by atoms with Gasteiger partial charge < -0.3 is 15.2 Å². The van der Waals surface area contributed by atoms with Crippen molar-refractivity contribution in [2.75, 3.05) is 6.54 Å². The van der Waals surface area contributed by atoms with Crippen molar-refractivity contribution in [2.24, 2.45) is 17.3 Å². The molecule has 4 rings (SSSR count). The second kappa shape index (κ2) is 11.4. The van der Waals surface area contributed by atoms with Gasteiger partial charge in [-0.2, -0.15) is 26.3 Å². The SMILES string of the molecule is Cc1cc2c(C(F)(F)F)c(OC3CCC(C(F)(F)F)CC3)ccc2cc1CCCCNC1CC(C(=O)O)C1(C)C. The molecule has 0 aliphatic heterocycles. The third-order valence-electron chi connectivity index (χ3n) is 8.98. The minimum absolute atomic E-state index is 0.0251. The van der Waals surface area contributed by atoms with Crippen molar-refractivity contribution in [3.8, 4) is 5.75 Å². The predicted octanol–water partition coefficient (Wildman–Crippen LogP) is 8.08. The van der Waals surface area contributed by atoms with Crippen molar-refractivity contribution in [2.45, 2.75) is 96.6 Å². The second-order valence-electron chi connectivity index (χ2n) is 12.0. The largest absolute Gasteiger partial charge is 0.490 e. The quantitative estimate of drug-likeness (QED) is 0.235. The van der Waals surface area contributed by atoms with E-state index >= 15 is 0 Å². The van der Waals surface area contributed by atoms with Crippen molar-refractivity contribution < 1.29 is 41.0 Å². The van der Waals surface area contributed by atoms with Gasteiger partial charge in [0.15, 0.2) is 0 Å².